The van der Waals surface area contributed by atoms with Gasteiger partial charge in [0.2, 0.25) is 0 Å². The molecule has 0 unspecified atom stereocenters. The van der Waals surface area contributed by atoms with Crippen LogP contribution in [0, 0.1) is 5.41 Å². The van der Waals surface area contributed by atoms with Gasteiger partial charge in [-0.1, -0.05) is 35.5 Å². The molecule has 5 nitrogen and oxygen atoms in total. The molecule has 0 atom stereocenters. The molecule has 0 aliphatic rings. The highest BCUT2D eigenvalue weighted by Gasteiger charge is 2.51. The van der Waals surface area contributed by atoms with Gasteiger partial charge in [0.15, 0.2) is 0 Å². The predicted octanol–water partition coefficient (Wildman–Crippen LogP) is 2.48. The number of oxime groups is 1. The Balaban J connectivity index is 3.31. The second-order valence-corrected chi connectivity index (χ2v) is 4.61. The van der Waals surface area contributed by atoms with Crippen LogP contribution in [-0.2, 0) is 14.2 Å². The van der Waals surface area contributed by atoms with E-state index in [4.69, 9.17) is 14.2 Å². The molecule has 0 heterocycles. The summed E-state index contributed by atoms with van der Waals surface area (Å²) in [6.45, 7) is 3.65. The molecule has 106 valence electrons. The molecule has 0 aliphatic heterocycles. The van der Waals surface area contributed by atoms with Crippen molar-refractivity contribution < 1.29 is 19.4 Å². The van der Waals surface area contributed by atoms with Crippen LogP contribution in [0.3, 0.4) is 0 Å². The van der Waals surface area contributed by atoms with Gasteiger partial charge in [0.1, 0.15) is 5.71 Å². The molecule has 0 saturated carbocycles. The van der Waals surface area contributed by atoms with Crippen LogP contribution in [0.1, 0.15) is 19.4 Å². The maximum absolute atomic E-state index is 9.39. The summed E-state index contributed by atoms with van der Waals surface area (Å²) in [5.74, 6) is -1.34. The van der Waals surface area contributed by atoms with Crippen molar-refractivity contribution in [2.24, 2.45) is 10.6 Å². The SMILES string of the molecule is COC(OC)(OC)C(C)(C)C(=NO)c1ccccc1. The van der Waals surface area contributed by atoms with Crippen molar-refractivity contribution in [2.45, 2.75) is 19.8 Å². The van der Waals surface area contributed by atoms with E-state index in [1.165, 1.54) is 21.3 Å². The van der Waals surface area contributed by atoms with E-state index in [0.717, 1.165) is 5.56 Å². The van der Waals surface area contributed by atoms with E-state index in [2.05, 4.69) is 5.16 Å². The van der Waals surface area contributed by atoms with E-state index in [1.807, 2.05) is 44.2 Å². The molecule has 0 saturated heterocycles. The summed E-state index contributed by atoms with van der Waals surface area (Å²) in [5.41, 5.74) is 0.352. The van der Waals surface area contributed by atoms with Crippen LogP contribution in [0.2, 0.25) is 0 Å². The van der Waals surface area contributed by atoms with Crippen LogP contribution in [0.4, 0.5) is 0 Å². The quantitative estimate of drug-likeness (QED) is 0.372. The Kier molecular flexibility index (Phi) is 5.05. The van der Waals surface area contributed by atoms with Crippen LogP contribution < -0.4 is 0 Å². The Hall–Kier alpha value is -1.43. The van der Waals surface area contributed by atoms with E-state index in [-0.39, 0.29) is 0 Å². The van der Waals surface area contributed by atoms with E-state index in [1.54, 1.807) is 0 Å². The van der Waals surface area contributed by atoms with Gasteiger partial charge in [0.25, 0.3) is 5.97 Å². The average Bonchev–Trinajstić information content (AvgIpc) is 2.42. The molecule has 1 N–H and O–H groups in total. The Morgan fingerprint density at radius 2 is 1.47 bits per heavy atom. The van der Waals surface area contributed by atoms with Crippen molar-refractivity contribution in [3.8, 4) is 0 Å². The monoisotopic (exact) mass is 267 g/mol. The summed E-state index contributed by atoms with van der Waals surface area (Å²) in [7, 11) is 4.44. The number of rotatable bonds is 6. The second kappa shape index (κ2) is 6.14. The summed E-state index contributed by atoms with van der Waals surface area (Å²) in [6, 6.07) is 9.32. The molecule has 0 fully saturated rings. The molecule has 0 aromatic heterocycles. The molecule has 0 radical (unpaired) electrons. The van der Waals surface area contributed by atoms with E-state index in [0.29, 0.717) is 5.71 Å². The lowest BCUT2D eigenvalue weighted by Crippen LogP contribution is -2.54. The first-order chi connectivity index (χ1) is 8.99. The Labute approximate surface area is 113 Å². The van der Waals surface area contributed by atoms with Gasteiger partial charge in [0, 0.05) is 26.9 Å². The maximum Gasteiger partial charge on any atom is 0.293 e. The van der Waals surface area contributed by atoms with Crippen molar-refractivity contribution in [2.75, 3.05) is 21.3 Å². The van der Waals surface area contributed by atoms with Crippen molar-refractivity contribution in [3.05, 3.63) is 35.9 Å². The standard InChI is InChI=1S/C14H21NO4/c1-13(2,14(17-3,18-4)19-5)12(15-16)11-9-7-6-8-10-11/h6-10,16H,1-5H3. The van der Waals surface area contributed by atoms with Crippen LogP contribution in [0.15, 0.2) is 35.5 Å². The van der Waals surface area contributed by atoms with E-state index < -0.39 is 11.4 Å². The number of hydrogen-bond donors (Lipinski definition) is 1. The van der Waals surface area contributed by atoms with Crippen molar-refractivity contribution in [1.29, 1.82) is 0 Å². The third-order valence-electron chi connectivity index (χ3n) is 3.31. The largest absolute Gasteiger partial charge is 0.411 e. The third-order valence-corrected chi connectivity index (χ3v) is 3.31. The van der Waals surface area contributed by atoms with Crippen LogP contribution in [0.5, 0.6) is 0 Å². The van der Waals surface area contributed by atoms with Crippen molar-refractivity contribution in [1.82, 2.24) is 0 Å². The van der Waals surface area contributed by atoms with E-state index >= 15 is 0 Å². The highest BCUT2D eigenvalue weighted by atomic mass is 16.9. The van der Waals surface area contributed by atoms with Crippen LogP contribution in [0.25, 0.3) is 0 Å². The van der Waals surface area contributed by atoms with Crippen molar-refractivity contribution >= 4 is 5.71 Å². The zero-order chi connectivity index (χ0) is 14.5. The smallest absolute Gasteiger partial charge is 0.293 e. The van der Waals surface area contributed by atoms with Gasteiger partial charge < -0.3 is 19.4 Å². The first-order valence-electron chi connectivity index (χ1n) is 5.92. The fourth-order valence-electron chi connectivity index (χ4n) is 2.30. The van der Waals surface area contributed by atoms with Gasteiger partial charge in [-0.2, -0.15) is 0 Å². The van der Waals surface area contributed by atoms with E-state index in [9.17, 15) is 5.21 Å². The molecule has 1 rings (SSSR count). The maximum atomic E-state index is 9.39. The molecule has 0 amide bonds. The van der Waals surface area contributed by atoms with Crippen molar-refractivity contribution in [3.63, 3.8) is 0 Å². The Morgan fingerprint density at radius 1 is 1.00 bits per heavy atom. The molecule has 1 aromatic carbocycles. The highest BCUT2D eigenvalue weighted by molar-refractivity contribution is 6.04. The third kappa shape index (κ3) is 2.63. The molecule has 1 aromatic rings. The second-order valence-electron chi connectivity index (χ2n) is 4.61. The predicted molar refractivity (Wildman–Crippen MR) is 72.3 cm³/mol. The minimum absolute atomic E-state index is 0.415. The lowest BCUT2D eigenvalue weighted by Gasteiger charge is -2.42. The first-order valence-corrected chi connectivity index (χ1v) is 5.92. The Bertz CT molecular complexity index is 416. The van der Waals surface area contributed by atoms with Gasteiger partial charge in [-0.15, -0.1) is 0 Å². The number of hydrogen-bond acceptors (Lipinski definition) is 5. The zero-order valence-electron chi connectivity index (χ0n) is 12.0. The summed E-state index contributed by atoms with van der Waals surface area (Å²) in [5, 5.41) is 12.8. The van der Waals surface area contributed by atoms with Crippen LogP contribution >= 0.6 is 0 Å². The highest BCUT2D eigenvalue weighted by Crippen LogP contribution is 2.38. The molecule has 0 spiro atoms. The minimum Gasteiger partial charge on any atom is -0.411 e. The zero-order valence-corrected chi connectivity index (χ0v) is 12.0. The lowest BCUT2D eigenvalue weighted by atomic mass is 9.80. The fourth-order valence-corrected chi connectivity index (χ4v) is 2.30. The topological polar surface area (TPSA) is 60.3 Å². The van der Waals surface area contributed by atoms with Gasteiger partial charge in [-0.3, -0.25) is 0 Å². The first kappa shape index (κ1) is 15.6. The number of nitrogens with zero attached hydrogens (tertiary/aromatic N) is 1. The molecule has 19 heavy (non-hydrogen) atoms. The number of ether oxygens (including phenoxy) is 3. The summed E-state index contributed by atoms with van der Waals surface area (Å²) in [6.07, 6.45) is 0. The average molecular weight is 267 g/mol. The molecule has 0 bridgehead atoms. The van der Waals surface area contributed by atoms with Gasteiger partial charge in [-0.25, -0.2) is 0 Å². The van der Waals surface area contributed by atoms with Crippen LogP contribution in [-0.4, -0.2) is 38.2 Å². The van der Waals surface area contributed by atoms with Gasteiger partial charge in [-0.05, 0) is 13.8 Å². The Morgan fingerprint density at radius 3 is 1.84 bits per heavy atom. The minimum atomic E-state index is -1.34. The van der Waals surface area contributed by atoms with Gasteiger partial charge in [0.05, 0.1) is 5.41 Å². The summed E-state index contributed by atoms with van der Waals surface area (Å²) < 4.78 is 16.1. The van der Waals surface area contributed by atoms with Gasteiger partial charge >= 0.3 is 0 Å². The molecule has 5 heteroatoms. The fraction of sp³-hybridized carbons (Fsp3) is 0.500. The number of methoxy groups -OCH3 is 3. The molecular weight excluding hydrogens is 246 g/mol. The normalized spacial score (nSPS) is 13.6. The summed E-state index contributed by atoms with van der Waals surface area (Å²) in [4.78, 5) is 0. The lowest BCUT2D eigenvalue weighted by molar-refractivity contribution is -0.386. The summed E-state index contributed by atoms with van der Waals surface area (Å²) >= 11 is 0. The molecule has 0 aliphatic carbocycles. The number of benzene rings is 1. The molecular formula is C14H21NO4.